The van der Waals surface area contributed by atoms with Crippen LogP contribution in [0.1, 0.15) is 0 Å². The average Bonchev–Trinajstić information content (AvgIpc) is 2.52. The minimum atomic E-state index is 1.01. The Labute approximate surface area is 85.4 Å². The van der Waals surface area contributed by atoms with Crippen LogP contribution in [0.15, 0.2) is 41.4 Å². The number of halogens is 1. The summed E-state index contributed by atoms with van der Waals surface area (Å²) in [7, 11) is 2.01. The molecular weight excluding hydrogens is 228 g/mol. The topological polar surface area (TPSA) is 17.8 Å². The molecule has 0 aliphatic carbocycles. The van der Waals surface area contributed by atoms with Crippen LogP contribution in [0.2, 0.25) is 0 Å². The van der Waals surface area contributed by atoms with Gasteiger partial charge in [-0.25, -0.2) is 0 Å². The van der Waals surface area contributed by atoms with Crippen LogP contribution in [0.25, 0.3) is 11.1 Å². The maximum Gasteiger partial charge on any atom is 0.0410 e. The van der Waals surface area contributed by atoms with Crippen LogP contribution in [0.5, 0.6) is 0 Å². The SMILES string of the molecule is Cn1ccc(-c2cncc(Br)c2)c1. The average molecular weight is 237 g/mol. The van der Waals surface area contributed by atoms with E-state index in [2.05, 4.69) is 39.2 Å². The lowest BCUT2D eigenvalue weighted by molar-refractivity contribution is 0.928. The van der Waals surface area contributed by atoms with Crippen LogP contribution < -0.4 is 0 Å². The maximum atomic E-state index is 4.11. The zero-order valence-corrected chi connectivity index (χ0v) is 8.82. The first kappa shape index (κ1) is 8.51. The van der Waals surface area contributed by atoms with Crippen LogP contribution in [0.4, 0.5) is 0 Å². The minimum Gasteiger partial charge on any atom is -0.357 e. The Hall–Kier alpha value is -1.09. The highest BCUT2D eigenvalue weighted by molar-refractivity contribution is 9.10. The molecule has 2 heterocycles. The van der Waals surface area contributed by atoms with E-state index in [0.29, 0.717) is 0 Å². The molecule has 0 N–H and O–H groups in total. The second-order valence-corrected chi connectivity index (χ2v) is 3.87. The summed E-state index contributed by atoms with van der Waals surface area (Å²) >= 11 is 3.40. The number of aryl methyl sites for hydroxylation is 1. The number of hydrogen-bond acceptors (Lipinski definition) is 1. The van der Waals surface area contributed by atoms with E-state index < -0.39 is 0 Å². The molecule has 0 unspecified atom stereocenters. The summed E-state index contributed by atoms with van der Waals surface area (Å²) < 4.78 is 3.03. The molecule has 2 aromatic heterocycles. The van der Waals surface area contributed by atoms with Crippen LogP contribution in [0, 0.1) is 0 Å². The lowest BCUT2D eigenvalue weighted by Gasteiger charge is -1.96. The molecule has 2 rings (SSSR count). The molecule has 0 bridgehead atoms. The molecule has 2 nitrogen and oxygen atoms in total. The fraction of sp³-hybridized carbons (Fsp3) is 0.100. The first-order valence-electron chi connectivity index (χ1n) is 3.98. The second kappa shape index (κ2) is 3.34. The summed E-state index contributed by atoms with van der Waals surface area (Å²) in [4.78, 5) is 4.11. The van der Waals surface area contributed by atoms with Crippen molar-refractivity contribution in [3.8, 4) is 11.1 Å². The number of aromatic nitrogens is 2. The van der Waals surface area contributed by atoms with Crippen molar-refractivity contribution in [1.29, 1.82) is 0 Å². The van der Waals surface area contributed by atoms with Crippen LogP contribution in [0.3, 0.4) is 0 Å². The summed E-state index contributed by atoms with van der Waals surface area (Å²) in [6.07, 6.45) is 7.74. The van der Waals surface area contributed by atoms with Crippen LogP contribution in [-0.4, -0.2) is 9.55 Å². The zero-order valence-electron chi connectivity index (χ0n) is 7.24. The van der Waals surface area contributed by atoms with E-state index in [-0.39, 0.29) is 0 Å². The van der Waals surface area contributed by atoms with E-state index in [1.165, 1.54) is 5.56 Å². The van der Waals surface area contributed by atoms with Gasteiger partial charge in [-0.1, -0.05) is 0 Å². The maximum absolute atomic E-state index is 4.11. The molecule has 0 aliphatic rings. The quantitative estimate of drug-likeness (QED) is 0.745. The molecule has 0 saturated carbocycles. The Morgan fingerprint density at radius 2 is 2.15 bits per heavy atom. The molecule has 0 aliphatic heterocycles. The number of hydrogen-bond donors (Lipinski definition) is 0. The predicted molar refractivity (Wildman–Crippen MR) is 56.3 cm³/mol. The Kier molecular flexibility index (Phi) is 2.19. The molecule has 3 heteroatoms. The van der Waals surface area contributed by atoms with Gasteiger partial charge in [-0.3, -0.25) is 4.98 Å². The Bertz CT molecular complexity index is 420. The molecule has 0 fully saturated rings. The van der Waals surface area contributed by atoms with Gasteiger partial charge in [-0.05, 0) is 28.1 Å². The van der Waals surface area contributed by atoms with E-state index in [4.69, 9.17) is 0 Å². The monoisotopic (exact) mass is 236 g/mol. The summed E-state index contributed by atoms with van der Waals surface area (Å²) in [5, 5.41) is 0. The first-order chi connectivity index (χ1) is 6.25. The van der Waals surface area contributed by atoms with Crippen molar-refractivity contribution in [3.63, 3.8) is 0 Å². The van der Waals surface area contributed by atoms with Crippen molar-refractivity contribution in [2.24, 2.45) is 7.05 Å². The molecule has 0 atom stereocenters. The number of rotatable bonds is 1. The van der Waals surface area contributed by atoms with Gasteiger partial charge in [-0.15, -0.1) is 0 Å². The van der Waals surface area contributed by atoms with Crippen molar-refractivity contribution in [1.82, 2.24) is 9.55 Å². The van der Waals surface area contributed by atoms with Gasteiger partial charge >= 0.3 is 0 Å². The van der Waals surface area contributed by atoms with Crippen LogP contribution in [-0.2, 0) is 7.05 Å². The Morgan fingerprint density at radius 3 is 2.77 bits per heavy atom. The second-order valence-electron chi connectivity index (χ2n) is 2.96. The lowest BCUT2D eigenvalue weighted by atomic mass is 10.2. The largest absolute Gasteiger partial charge is 0.357 e. The molecule has 0 saturated heterocycles. The predicted octanol–water partition coefficient (Wildman–Crippen LogP) is 2.85. The zero-order chi connectivity index (χ0) is 9.26. The highest BCUT2D eigenvalue weighted by Gasteiger charge is 1.99. The molecular formula is C10H9BrN2. The smallest absolute Gasteiger partial charge is 0.0410 e. The molecule has 0 amide bonds. The molecule has 0 spiro atoms. The summed E-state index contributed by atoms with van der Waals surface area (Å²) in [6, 6.07) is 4.13. The Balaban J connectivity index is 2.46. The standard InChI is InChI=1S/C10H9BrN2/c1-13-3-2-8(7-13)9-4-10(11)6-12-5-9/h2-7H,1H3. The normalized spacial score (nSPS) is 10.3. The fourth-order valence-electron chi connectivity index (χ4n) is 1.24. The summed E-state index contributed by atoms with van der Waals surface area (Å²) in [5.41, 5.74) is 2.33. The van der Waals surface area contributed by atoms with E-state index in [9.17, 15) is 0 Å². The third-order valence-electron chi connectivity index (χ3n) is 1.87. The number of pyridine rings is 1. The summed E-state index contributed by atoms with van der Waals surface area (Å²) in [6.45, 7) is 0. The Morgan fingerprint density at radius 1 is 1.31 bits per heavy atom. The minimum absolute atomic E-state index is 1.01. The van der Waals surface area contributed by atoms with Crippen molar-refractivity contribution < 1.29 is 0 Å². The third kappa shape index (κ3) is 1.80. The van der Waals surface area contributed by atoms with Gasteiger partial charge in [0.25, 0.3) is 0 Å². The van der Waals surface area contributed by atoms with E-state index in [1.807, 2.05) is 24.0 Å². The lowest BCUT2D eigenvalue weighted by Crippen LogP contribution is -1.80. The van der Waals surface area contributed by atoms with Gasteiger partial charge in [0.2, 0.25) is 0 Å². The van der Waals surface area contributed by atoms with Gasteiger partial charge in [0, 0.05) is 47.4 Å². The fourth-order valence-corrected chi connectivity index (χ4v) is 1.61. The highest BCUT2D eigenvalue weighted by Crippen LogP contribution is 2.21. The van der Waals surface area contributed by atoms with Crippen LogP contribution >= 0.6 is 15.9 Å². The summed E-state index contributed by atoms with van der Waals surface area (Å²) in [5.74, 6) is 0. The first-order valence-corrected chi connectivity index (χ1v) is 4.78. The third-order valence-corrected chi connectivity index (χ3v) is 2.30. The molecule has 13 heavy (non-hydrogen) atoms. The van der Waals surface area contributed by atoms with Crippen molar-refractivity contribution in [2.75, 3.05) is 0 Å². The molecule has 0 radical (unpaired) electrons. The van der Waals surface area contributed by atoms with Crippen molar-refractivity contribution in [2.45, 2.75) is 0 Å². The van der Waals surface area contributed by atoms with Gasteiger partial charge in [0.05, 0.1) is 0 Å². The van der Waals surface area contributed by atoms with Crippen molar-refractivity contribution in [3.05, 3.63) is 41.4 Å². The molecule has 0 aromatic carbocycles. The highest BCUT2D eigenvalue weighted by atomic mass is 79.9. The molecule has 2 aromatic rings. The van der Waals surface area contributed by atoms with Gasteiger partial charge in [0.1, 0.15) is 0 Å². The number of nitrogens with zero attached hydrogens (tertiary/aromatic N) is 2. The van der Waals surface area contributed by atoms with Gasteiger partial charge < -0.3 is 4.57 Å². The van der Waals surface area contributed by atoms with Crippen molar-refractivity contribution >= 4 is 15.9 Å². The van der Waals surface area contributed by atoms with E-state index >= 15 is 0 Å². The van der Waals surface area contributed by atoms with Gasteiger partial charge in [-0.2, -0.15) is 0 Å². The van der Waals surface area contributed by atoms with Gasteiger partial charge in [0.15, 0.2) is 0 Å². The van der Waals surface area contributed by atoms with E-state index in [0.717, 1.165) is 10.0 Å². The van der Waals surface area contributed by atoms with E-state index in [1.54, 1.807) is 6.20 Å². The molecule has 66 valence electrons.